The fourth-order valence-corrected chi connectivity index (χ4v) is 6.65. The molecule has 2 N–H and O–H groups in total. The highest BCUT2D eigenvalue weighted by Gasteiger charge is 2.41. The average molecular weight is 868 g/mol. The van der Waals surface area contributed by atoms with Gasteiger partial charge in [-0.25, -0.2) is 27.5 Å². The van der Waals surface area contributed by atoms with Gasteiger partial charge in [0.25, 0.3) is 11.1 Å². The van der Waals surface area contributed by atoms with Crippen LogP contribution in [0.2, 0.25) is 10.0 Å². The summed E-state index contributed by atoms with van der Waals surface area (Å²) in [6, 6.07) is 8.15. The molecule has 0 aliphatic carbocycles. The van der Waals surface area contributed by atoms with Gasteiger partial charge in [0.1, 0.15) is 70.1 Å². The zero-order valence-electron chi connectivity index (χ0n) is 31.4. The molecule has 0 atom stereocenters. The molecule has 4 aromatic heterocycles. The lowest BCUT2D eigenvalue weighted by atomic mass is 9.99. The number of aliphatic carboxylic acids is 1. The molecule has 6 heterocycles. The Morgan fingerprint density at radius 2 is 1.17 bits per heavy atom. The first kappa shape index (κ1) is 43.9. The number of carbonyl (C=O) groups excluding carboxylic acids is 1. The van der Waals surface area contributed by atoms with Crippen molar-refractivity contribution in [2.45, 2.75) is 52.1 Å². The minimum atomic E-state index is -1.37. The number of alkyl halides is 2. The number of aromatic nitrogens is 6. The molecule has 0 spiro atoms. The number of fused-ring (bicyclic) bond motifs is 2. The van der Waals surface area contributed by atoms with Crippen molar-refractivity contribution in [2.75, 3.05) is 26.2 Å². The van der Waals surface area contributed by atoms with Gasteiger partial charge < -0.3 is 24.5 Å². The van der Waals surface area contributed by atoms with E-state index < -0.39 is 46.6 Å². The predicted molar refractivity (Wildman–Crippen MR) is 213 cm³/mol. The van der Waals surface area contributed by atoms with E-state index in [1.54, 1.807) is 42.0 Å². The number of aryl methyl sites for hydroxylation is 2. The van der Waals surface area contributed by atoms with Crippen LogP contribution in [-0.2, 0) is 22.7 Å². The first-order valence-corrected chi connectivity index (χ1v) is 18.2. The molecule has 2 aromatic carbocycles. The van der Waals surface area contributed by atoms with Crippen molar-refractivity contribution in [3.63, 3.8) is 0 Å². The Balaban J connectivity index is 0.000000193. The number of carboxylic acids is 1. The summed E-state index contributed by atoms with van der Waals surface area (Å²) in [4.78, 5) is 58.9. The van der Waals surface area contributed by atoms with Gasteiger partial charge in [0, 0.05) is 49.0 Å². The maximum absolute atomic E-state index is 13.6. The van der Waals surface area contributed by atoms with Gasteiger partial charge in [-0.3, -0.25) is 28.0 Å². The smallest absolute Gasteiger partial charge is 0.323 e. The van der Waals surface area contributed by atoms with Gasteiger partial charge >= 0.3 is 5.97 Å². The third kappa shape index (κ3) is 9.22. The maximum Gasteiger partial charge on any atom is 0.323 e. The molecule has 8 rings (SSSR count). The van der Waals surface area contributed by atoms with Crippen LogP contribution in [0.15, 0.2) is 70.8 Å². The van der Waals surface area contributed by atoms with Crippen LogP contribution in [0.5, 0.6) is 0 Å². The summed E-state index contributed by atoms with van der Waals surface area (Å²) in [5.41, 5.74) is -1.05. The van der Waals surface area contributed by atoms with E-state index in [4.69, 9.17) is 28.3 Å². The average Bonchev–Trinajstić information content (AvgIpc) is 3.65. The number of carboxylic acid groups (broad SMARTS) is 1. The van der Waals surface area contributed by atoms with Crippen LogP contribution in [0, 0.1) is 25.5 Å². The number of nitrogens with one attached hydrogen (secondary N) is 1. The maximum atomic E-state index is 13.6. The van der Waals surface area contributed by atoms with Crippen molar-refractivity contribution in [1.29, 1.82) is 0 Å². The quantitative estimate of drug-likeness (QED) is 0.196. The van der Waals surface area contributed by atoms with E-state index in [0.29, 0.717) is 47.3 Å². The Morgan fingerprint density at radius 3 is 1.52 bits per heavy atom. The van der Waals surface area contributed by atoms with Gasteiger partial charge in [-0.05, 0) is 64.1 Å². The van der Waals surface area contributed by atoms with Crippen LogP contribution in [0.1, 0.15) is 25.5 Å². The normalized spacial score (nSPS) is 15.0. The highest BCUT2D eigenvalue weighted by atomic mass is 35.5. The number of halogens is 7. The van der Waals surface area contributed by atoms with Crippen molar-refractivity contribution in [3.8, 4) is 22.5 Å². The molecule has 0 bridgehead atoms. The van der Waals surface area contributed by atoms with Crippen molar-refractivity contribution >= 4 is 58.5 Å². The van der Waals surface area contributed by atoms with E-state index in [2.05, 4.69) is 15.3 Å². The number of likely N-dealkylation sites (tertiary alicyclic amines) is 1. The molecule has 0 radical (unpaired) electrons. The summed E-state index contributed by atoms with van der Waals surface area (Å²) in [7, 11) is 0. The lowest BCUT2D eigenvalue weighted by Crippen LogP contribution is -2.60. The van der Waals surface area contributed by atoms with E-state index in [0.717, 1.165) is 4.57 Å². The number of nitrogens with zero attached hydrogens (tertiary/aromatic N) is 7. The second kappa shape index (κ2) is 16.9. The van der Waals surface area contributed by atoms with Gasteiger partial charge in [0.05, 0.1) is 23.1 Å². The first-order chi connectivity index (χ1) is 26.7. The molecule has 2 aliphatic rings. The number of hydrogen-bond acceptors (Lipinski definition) is 7. The van der Waals surface area contributed by atoms with Crippen molar-refractivity contribution < 1.29 is 32.3 Å². The molecule has 2 fully saturated rings. The van der Waals surface area contributed by atoms with Crippen LogP contribution < -0.4 is 16.4 Å². The van der Waals surface area contributed by atoms with Crippen molar-refractivity contribution in [1.82, 2.24) is 38.1 Å². The second-order valence-corrected chi connectivity index (χ2v) is 15.1. The van der Waals surface area contributed by atoms with E-state index in [1.165, 1.54) is 65.2 Å². The minimum absolute atomic E-state index is 0. The fraction of sp³-hybridized carbons (Fsp3) is 0.316. The zero-order chi connectivity index (χ0) is 41.6. The molecule has 20 heteroatoms. The molecule has 2 saturated heterocycles. The molecule has 308 valence electrons. The number of imidazole rings is 2. The molecular formula is C38H37Cl3F4N8O5. The number of benzene rings is 2. The standard InChI is InChI=1S/C19H17ClF2N4O2.C15H11ClFN3O3.C4H8FN.ClH/c1-11-23-16(12-3-4-14(21)13(20)7-12)17-18(28)24(5-6-26(11)17)8-15(27)25-9-19(2,22)10-25;1-8-18-13(9-2-3-11(17)10(16)6-9)14-15(23)19(7-12(21)22)4-5-20(8)14;1-4(5)2-6-3-4;/h3-7H,8-10H2,1-2H3;2-6H,7H2,1H3,(H,21,22);6H,2-3H2,1H3;1H. The summed E-state index contributed by atoms with van der Waals surface area (Å²) < 4.78 is 58.1. The summed E-state index contributed by atoms with van der Waals surface area (Å²) in [5.74, 6) is -1.47. The summed E-state index contributed by atoms with van der Waals surface area (Å²) in [5, 5.41) is 11.6. The van der Waals surface area contributed by atoms with Crippen LogP contribution in [0.4, 0.5) is 17.6 Å². The van der Waals surface area contributed by atoms with E-state index >= 15 is 0 Å². The van der Waals surface area contributed by atoms with Gasteiger partial charge in [0.2, 0.25) is 5.91 Å². The molecule has 6 aromatic rings. The van der Waals surface area contributed by atoms with Gasteiger partial charge in [-0.2, -0.15) is 0 Å². The van der Waals surface area contributed by atoms with Crippen molar-refractivity contribution in [2.24, 2.45) is 0 Å². The van der Waals surface area contributed by atoms with Crippen molar-refractivity contribution in [3.05, 3.63) is 115 Å². The summed E-state index contributed by atoms with van der Waals surface area (Å²) in [6.45, 7) is 6.94. The molecule has 13 nitrogen and oxygen atoms in total. The van der Waals surface area contributed by atoms with Gasteiger partial charge in [-0.15, -0.1) is 12.4 Å². The number of carbonyl (C=O) groups is 2. The van der Waals surface area contributed by atoms with Gasteiger partial charge in [0.15, 0.2) is 0 Å². The second-order valence-electron chi connectivity index (χ2n) is 14.2. The Morgan fingerprint density at radius 1 is 0.759 bits per heavy atom. The van der Waals surface area contributed by atoms with Crippen LogP contribution in [-0.4, -0.2) is 87.3 Å². The highest BCUT2D eigenvalue weighted by molar-refractivity contribution is 6.31. The van der Waals surface area contributed by atoms with Crippen LogP contribution >= 0.6 is 35.6 Å². The Hall–Kier alpha value is -5.23. The Bertz CT molecular complexity index is 2660. The molecule has 58 heavy (non-hydrogen) atoms. The predicted octanol–water partition coefficient (Wildman–Crippen LogP) is 5.92. The van der Waals surface area contributed by atoms with Crippen LogP contribution in [0.25, 0.3) is 33.5 Å². The largest absolute Gasteiger partial charge is 0.480 e. The molecule has 0 unspecified atom stereocenters. The lowest BCUT2D eigenvalue weighted by molar-refractivity contribution is -0.144. The fourth-order valence-electron chi connectivity index (χ4n) is 6.29. The number of hydrogen-bond donors (Lipinski definition) is 2. The zero-order valence-corrected chi connectivity index (χ0v) is 33.7. The topological polar surface area (TPSA) is 148 Å². The molecular weight excluding hydrogens is 831 g/mol. The third-order valence-corrected chi connectivity index (χ3v) is 9.85. The lowest BCUT2D eigenvalue weighted by Gasteiger charge is -2.42. The molecule has 1 amide bonds. The summed E-state index contributed by atoms with van der Waals surface area (Å²) >= 11 is 11.7. The monoisotopic (exact) mass is 866 g/mol. The number of amides is 1. The van der Waals surface area contributed by atoms with E-state index in [1.807, 2.05) is 0 Å². The Kier molecular flexibility index (Phi) is 12.8. The van der Waals surface area contributed by atoms with Crippen LogP contribution in [0.3, 0.4) is 0 Å². The summed E-state index contributed by atoms with van der Waals surface area (Å²) in [6.07, 6.45) is 6.09. The Labute approximate surface area is 343 Å². The number of rotatable bonds is 6. The SMILES string of the molecule is CC1(F)CNC1.Cc1nc(-c2ccc(F)c(Cl)c2)c2c(=O)n(CC(=O)N3CC(C)(F)C3)ccn12.Cc1nc(-c2ccc(F)c(Cl)c2)c2c(=O)n(CC(=O)O)ccn12.Cl. The first-order valence-electron chi connectivity index (χ1n) is 17.4. The highest BCUT2D eigenvalue weighted by Crippen LogP contribution is 2.29. The third-order valence-electron chi connectivity index (χ3n) is 9.27. The van der Waals surface area contributed by atoms with E-state index in [9.17, 15) is 36.7 Å². The minimum Gasteiger partial charge on any atom is -0.480 e. The molecule has 2 aliphatic heterocycles. The molecule has 0 saturated carbocycles. The van der Waals surface area contributed by atoms with E-state index in [-0.39, 0.29) is 59.0 Å². The van der Waals surface area contributed by atoms with Gasteiger partial charge in [-0.1, -0.05) is 23.2 Å².